The van der Waals surface area contributed by atoms with Crippen molar-refractivity contribution in [3.05, 3.63) is 65.5 Å². The lowest BCUT2D eigenvalue weighted by Crippen LogP contribution is -2.08. The highest BCUT2D eigenvalue weighted by Gasteiger charge is 1.97. The van der Waals surface area contributed by atoms with Crippen molar-refractivity contribution in [3.8, 4) is 5.75 Å². The first-order valence-electron chi connectivity index (χ1n) is 7.15. The third-order valence-corrected chi connectivity index (χ3v) is 4.15. The van der Waals surface area contributed by atoms with Crippen LogP contribution in [0.3, 0.4) is 0 Å². The molecule has 0 aliphatic heterocycles. The number of hydrogen-bond acceptors (Lipinski definition) is 3. The Morgan fingerprint density at radius 3 is 2.52 bits per heavy atom. The molecule has 1 heterocycles. The minimum Gasteiger partial charge on any atom is -0.506 e. The summed E-state index contributed by atoms with van der Waals surface area (Å²) in [5.41, 5.74) is 1.43. The molecule has 3 rings (SSSR count). The SMILES string of the molecule is CNCCCc1ccccc1.Oc1cccc2ccsc12. The zero-order chi connectivity index (χ0) is 14.9. The molecule has 1 aromatic heterocycles. The van der Waals surface area contributed by atoms with Gasteiger partial charge in [0, 0.05) is 0 Å². The van der Waals surface area contributed by atoms with Gasteiger partial charge in [-0.05, 0) is 54.9 Å². The van der Waals surface area contributed by atoms with Gasteiger partial charge in [0.15, 0.2) is 0 Å². The highest BCUT2D eigenvalue weighted by molar-refractivity contribution is 7.17. The van der Waals surface area contributed by atoms with Gasteiger partial charge in [-0.15, -0.1) is 11.3 Å². The van der Waals surface area contributed by atoms with Gasteiger partial charge in [0.25, 0.3) is 0 Å². The molecule has 3 heteroatoms. The Kier molecular flexibility index (Phi) is 6.25. The number of phenols is 1. The number of fused-ring (bicyclic) bond motifs is 1. The maximum absolute atomic E-state index is 9.27. The predicted octanol–water partition coefficient (Wildman–Crippen LogP) is 4.45. The highest BCUT2D eigenvalue weighted by Crippen LogP contribution is 2.28. The van der Waals surface area contributed by atoms with E-state index in [1.807, 2.05) is 30.6 Å². The zero-order valence-corrected chi connectivity index (χ0v) is 13.1. The fourth-order valence-corrected chi connectivity index (χ4v) is 2.90. The van der Waals surface area contributed by atoms with E-state index in [1.165, 1.54) is 18.4 Å². The summed E-state index contributed by atoms with van der Waals surface area (Å²) in [7, 11) is 1.99. The van der Waals surface area contributed by atoms with Crippen LogP contribution in [0.25, 0.3) is 10.1 Å². The minimum absolute atomic E-state index is 0.382. The van der Waals surface area contributed by atoms with Crippen molar-refractivity contribution in [2.45, 2.75) is 12.8 Å². The van der Waals surface area contributed by atoms with Gasteiger partial charge in [-0.1, -0.05) is 42.5 Å². The first-order valence-corrected chi connectivity index (χ1v) is 8.03. The Morgan fingerprint density at radius 1 is 1.00 bits per heavy atom. The minimum atomic E-state index is 0.382. The first kappa shape index (κ1) is 15.5. The number of thiophene rings is 1. The molecule has 0 fully saturated rings. The van der Waals surface area contributed by atoms with Crippen LogP contribution in [-0.2, 0) is 6.42 Å². The summed E-state index contributed by atoms with van der Waals surface area (Å²) in [6.45, 7) is 1.11. The van der Waals surface area contributed by atoms with Crippen molar-refractivity contribution in [2.75, 3.05) is 13.6 Å². The van der Waals surface area contributed by atoms with Crippen LogP contribution >= 0.6 is 11.3 Å². The second-order valence-corrected chi connectivity index (χ2v) is 5.72. The third-order valence-electron chi connectivity index (χ3n) is 3.19. The van der Waals surface area contributed by atoms with Crippen LogP contribution in [0.4, 0.5) is 0 Å². The second kappa shape index (κ2) is 8.45. The van der Waals surface area contributed by atoms with E-state index < -0.39 is 0 Å². The van der Waals surface area contributed by atoms with Gasteiger partial charge in [0.05, 0.1) is 4.70 Å². The monoisotopic (exact) mass is 299 g/mol. The van der Waals surface area contributed by atoms with Crippen LogP contribution in [-0.4, -0.2) is 18.7 Å². The summed E-state index contributed by atoms with van der Waals surface area (Å²) < 4.78 is 0.975. The van der Waals surface area contributed by atoms with Gasteiger partial charge >= 0.3 is 0 Å². The van der Waals surface area contributed by atoms with E-state index >= 15 is 0 Å². The highest BCUT2D eigenvalue weighted by atomic mass is 32.1. The molecule has 0 spiro atoms. The van der Waals surface area contributed by atoms with E-state index in [0.29, 0.717) is 5.75 Å². The Labute approximate surface area is 130 Å². The molecule has 2 N–H and O–H groups in total. The smallest absolute Gasteiger partial charge is 0.133 e. The van der Waals surface area contributed by atoms with E-state index in [2.05, 4.69) is 35.6 Å². The summed E-state index contributed by atoms with van der Waals surface area (Å²) in [6, 6.07) is 18.1. The van der Waals surface area contributed by atoms with E-state index in [9.17, 15) is 5.11 Å². The summed E-state index contributed by atoms with van der Waals surface area (Å²) >= 11 is 1.56. The fourth-order valence-electron chi connectivity index (χ4n) is 2.09. The Hall–Kier alpha value is -1.84. The molecule has 0 saturated heterocycles. The van der Waals surface area contributed by atoms with Crippen LogP contribution in [0.15, 0.2) is 60.0 Å². The lowest BCUT2D eigenvalue weighted by atomic mass is 10.1. The van der Waals surface area contributed by atoms with E-state index in [4.69, 9.17) is 0 Å². The normalized spacial score (nSPS) is 10.1. The molecule has 0 amide bonds. The van der Waals surface area contributed by atoms with Gasteiger partial charge in [-0.2, -0.15) is 0 Å². The van der Waals surface area contributed by atoms with Crippen LogP contribution in [0, 0.1) is 0 Å². The summed E-state index contributed by atoms with van der Waals surface area (Å²) in [6.07, 6.45) is 2.40. The van der Waals surface area contributed by atoms with Gasteiger partial charge in [0.1, 0.15) is 5.75 Å². The lowest BCUT2D eigenvalue weighted by Gasteiger charge is -1.99. The van der Waals surface area contributed by atoms with Crippen molar-refractivity contribution in [1.29, 1.82) is 0 Å². The molecule has 2 aromatic carbocycles. The fraction of sp³-hybridized carbons (Fsp3) is 0.222. The molecular formula is C18H21NOS. The number of aryl methyl sites for hydroxylation is 1. The largest absolute Gasteiger partial charge is 0.506 e. The maximum atomic E-state index is 9.27. The molecule has 0 unspecified atom stereocenters. The van der Waals surface area contributed by atoms with Gasteiger partial charge < -0.3 is 10.4 Å². The number of nitrogens with one attached hydrogen (secondary N) is 1. The van der Waals surface area contributed by atoms with E-state index in [1.54, 1.807) is 17.4 Å². The molecule has 3 aromatic rings. The average Bonchev–Trinajstić information content (AvgIpc) is 2.99. The van der Waals surface area contributed by atoms with Crippen LogP contribution < -0.4 is 5.32 Å². The summed E-state index contributed by atoms with van der Waals surface area (Å²) in [5.74, 6) is 0.382. The first-order chi connectivity index (χ1) is 10.3. The third kappa shape index (κ3) is 4.88. The molecule has 0 aliphatic carbocycles. The molecule has 110 valence electrons. The van der Waals surface area contributed by atoms with Crippen molar-refractivity contribution in [3.63, 3.8) is 0 Å². The van der Waals surface area contributed by atoms with Crippen LogP contribution in [0.2, 0.25) is 0 Å². The quantitative estimate of drug-likeness (QED) is 0.698. The summed E-state index contributed by atoms with van der Waals surface area (Å²) in [4.78, 5) is 0. The molecular weight excluding hydrogens is 278 g/mol. The standard InChI is InChI=1S/C10H15N.C8H6OS/c1-11-9-5-8-10-6-3-2-4-7-10;9-7-3-1-2-6-4-5-10-8(6)7/h2-4,6-7,11H,5,8-9H2,1H3;1-5,9H. The predicted molar refractivity (Wildman–Crippen MR) is 92.2 cm³/mol. The number of hydrogen-bond donors (Lipinski definition) is 2. The topological polar surface area (TPSA) is 32.3 Å². The molecule has 21 heavy (non-hydrogen) atoms. The van der Waals surface area contributed by atoms with Crippen LogP contribution in [0.1, 0.15) is 12.0 Å². The molecule has 0 aliphatic rings. The molecule has 0 bridgehead atoms. The molecule has 0 saturated carbocycles. The van der Waals surface area contributed by atoms with Crippen LogP contribution in [0.5, 0.6) is 5.75 Å². The molecule has 2 nitrogen and oxygen atoms in total. The lowest BCUT2D eigenvalue weighted by molar-refractivity contribution is 0.482. The van der Waals surface area contributed by atoms with Gasteiger partial charge in [0.2, 0.25) is 0 Å². The van der Waals surface area contributed by atoms with Gasteiger partial charge in [-0.25, -0.2) is 0 Å². The molecule has 0 radical (unpaired) electrons. The molecule has 0 atom stereocenters. The van der Waals surface area contributed by atoms with Crippen molar-refractivity contribution in [2.24, 2.45) is 0 Å². The Morgan fingerprint density at radius 2 is 1.81 bits per heavy atom. The maximum Gasteiger partial charge on any atom is 0.133 e. The number of phenolic OH excluding ortho intramolecular Hbond substituents is 1. The van der Waals surface area contributed by atoms with Crippen molar-refractivity contribution >= 4 is 21.4 Å². The second-order valence-electron chi connectivity index (χ2n) is 4.81. The van der Waals surface area contributed by atoms with E-state index in [0.717, 1.165) is 16.6 Å². The van der Waals surface area contributed by atoms with Crippen molar-refractivity contribution in [1.82, 2.24) is 5.32 Å². The van der Waals surface area contributed by atoms with Crippen molar-refractivity contribution < 1.29 is 5.11 Å². The Bertz CT molecular complexity index is 648. The van der Waals surface area contributed by atoms with Gasteiger partial charge in [-0.3, -0.25) is 0 Å². The number of rotatable bonds is 4. The number of benzene rings is 2. The number of aromatic hydroxyl groups is 1. The average molecular weight is 299 g/mol. The zero-order valence-electron chi connectivity index (χ0n) is 12.3. The Balaban J connectivity index is 0.000000154. The van der Waals surface area contributed by atoms with E-state index in [-0.39, 0.29) is 0 Å². The summed E-state index contributed by atoms with van der Waals surface area (Å²) in [5, 5.41) is 15.5.